The van der Waals surface area contributed by atoms with Gasteiger partial charge in [-0.1, -0.05) is 117 Å². The molecule has 1 heteroatoms. The van der Waals surface area contributed by atoms with E-state index in [0.717, 1.165) is 11.2 Å². The summed E-state index contributed by atoms with van der Waals surface area (Å²) in [4.78, 5) is 0. The molecule has 148 valence electrons. The van der Waals surface area contributed by atoms with Crippen molar-refractivity contribution in [3.63, 3.8) is 0 Å². The van der Waals surface area contributed by atoms with Crippen LogP contribution < -0.4 is 0 Å². The maximum absolute atomic E-state index is 5.97. The van der Waals surface area contributed by atoms with Crippen LogP contribution in [0.25, 0.3) is 32.7 Å². The summed E-state index contributed by atoms with van der Waals surface area (Å²) in [6.07, 6.45) is 2.50. The Balaban J connectivity index is 0.000000584. The molecule has 1 nitrogen and oxygen atoms in total. The number of furan rings is 1. The molecule has 0 saturated heterocycles. The fourth-order valence-corrected chi connectivity index (χ4v) is 2.45. The van der Waals surface area contributed by atoms with Crippen molar-refractivity contribution >= 4 is 32.7 Å². The minimum Gasteiger partial charge on any atom is -0.455 e. The first kappa shape index (κ1) is 24.7. The summed E-state index contributed by atoms with van der Waals surface area (Å²) in [5.41, 5.74) is 1.95. The lowest BCUT2D eigenvalue weighted by atomic mass is 10.1. The Kier molecular flexibility index (Phi) is 13.6. The summed E-state index contributed by atoms with van der Waals surface area (Å²) in [7, 11) is 0. The predicted molar refractivity (Wildman–Crippen MR) is 126 cm³/mol. The highest BCUT2D eigenvalue weighted by Crippen LogP contribution is 2.33. The minimum atomic E-state index is 0.957. The molecule has 1 aromatic heterocycles. The van der Waals surface area contributed by atoms with E-state index in [1.54, 1.807) is 0 Å². The molecular formula is C26H38O. The summed E-state index contributed by atoms with van der Waals surface area (Å²) in [5.74, 6) is 0. The van der Waals surface area contributed by atoms with Crippen LogP contribution in [0.4, 0.5) is 0 Å². The normalized spacial score (nSPS) is 9.04. The first-order valence-corrected chi connectivity index (χ1v) is 10.6. The molecule has 27 heavy (non-hydrogen) atoms. The van der Waals surface area contributed by atoms with Crippen molar-refractivity contribution in [3.8, 4) is 0 Å². The van der Waals surface area contributed by atoms with Crippen molar-refractivity contribution in [2.24, 2.45) is 0 Å². The number of hydrogen-bond acceptors (Lipinski definition) is 1. The Morgan fingerprint density at radius 2 is 1.04 bits per heavy atom. The zero-order valence-corrected chi connectivity index (χ0v) is 18.6. The van der Waals surface area contributed by atoms with Crippen LogP contribution in [0.2, 0.25) is 0 Å². The van der Waals surface area contributed by atoms with E-state index in [1.807, 2.05) is 45.9 Å². The lowest BCUT2D eigenvalue weighted by Gasteiger charge is -1.97. The number of hydrogen-bond donors (Lipinski definition) is 0. The third-order valence-electron chi connectivity index (χ3n) is 3.27. The molecule has 0 bridgehead atoms. The van der Waals surface area contributed by atoms with Gasteiger partial charge in [-0.3, -0.25) is 0 Å². The molecule has 4 rings (SSSR count). The zero-order chi connectivity index (χ0) is 20.7. The van der Waals surface area contributed by atoms with E-state index in [9.17, 15) is 0 Å². The van der Waals surface area contributed by atoms with Crippen LogP contribution in [0.3, 0.4) is 0 Å². The molecule has 0 atom stereocenters. The Bertz CT molecular complexity index is 869. The minimum absolute atomic E-state index is 0.957. The van der Waals surface area contributed by atoms with Gasteiger partial charge in [0.05, 0.1) is 0 Å². The molecule has 0 unspecified atom stereocenters. The molecule has 0 N–H and O–H groups in total. The van der Waals surface area contributed by atoms with Gasteiger partial charge >= 0.3 is 0 Å². The molecule has 0 amide bonds. The second kappa shape index (κ2) is 14.8. The maximum Gasteiger partial charge on any atom is 0.143 e. The number of rotatable bonds is 0. The average molecular weight is 367 g/mol. The smallest absolute Gasteiger partial charge is 0.143 e. The molecule has 4 aromatic rings. The SMILES string of the molecule is CC.CC.CCC.CCC.c1ccc2c(c1)ccc1c3ccccc3oc21. The highest BCUT2D eigenvalue weighted by molar-refractivity contribution is 6.14. The summed E-state index contributed by atoms with van der Waals surface area (Å²) in [6, 6.07) is 20.8. The van der Waals surface area contributed by atoms with E-state index in [0.29, 0.717) is 0 Å². The van der Waals surface area contributed by atoms with Crippen LogP contribution in [0.15, 0.2) is 65.1 Å². The standard InChI is InChI=1S/C16H10O.2C3H8.2C2H6/c1-2-6-12-11(5-1)9-10-14-13-7-3-4-8-15(13)17-16(12)14;2*1-3-2;2*1-2/h1-10H;2*3H2,1-2H3;2*1-2H3. The van der Waals surface area contributed by atoms with Gasteiger partial charge in [0.1, 0.15) is 11.2 Å². The van der Waals surface area contributed by atoms with Gasteiger partial charge in [0, 0.05) is 16.2 Å². The highest BCUT2D eigenvalue weighted by Gasteiger charge is 2.08. The van der Waals surface area contributed by atoms with Crippen LogP contribution in [-0.2, 0) is 0 Å². The second-order valence-electron chi connectivity index (χ2n) is 5.68. The van der Waals surface area contributed by atoms with Gasteiger partial charge in [0.15, 0.2) is 0 Å². The summed E-state index contributed by atoms with van der Waals surface area (Å²) < 4.78 is 5.97. The van der Waals surface area contributed by atoms with Gasteiger partial charge in [0.2, 0.25) is 0 Å². The molecule has 0 aliphatic carbocycles. The first-order chi connectivity index (χ1) is 13.3. The van der Waals surface area contributed by atoms with Gasteiger partial charge in [-0.2, -0.15) is 0 Å². The molecule has 0 radical (unpaired) electrons. The Morgan fingerprint density at radius 3 is 1.63 bits per heavy atom. The third kappa shape index (κ3) is 6.75. The van der Waals surface area contributed by atoms with Crippen molar-refractivity contribution in [3.05, 3.63) is 60.7 Å². The lowest BCUT2D eigenvalue weighted by Crippen LogP contribution is -1.72. The molecular weight excluding hydrogens is 328 g/mol. The van der Waals surface area contributed by atoms with Crippen molar-refractivity contribution in [2.75, 3.05) is 0 Å². The monoisotopic (exact) mass is 366 g/mol. The van der Waals surface area contributed by atoms with Crippen LogP contribution in [-0.4, -0.2) is 0 Å². The summed E-state index contributed by atoms with van der Waals surface area (Å²) >= 11 is 0. The van der Waals surface area contributed by atoms with Gasteiger partial charge in [0.25, 0.3) is 0 Å². The molecule has 3 aromatic carbocycles. The van der Waals surface area contributed by atoms with E-state index in [1.165, 1.54) is 34.4 Å². The van der Waals surface area contributed by atoms with Crippen LogP contribution in [0.1, 0.15) is 68.2 Å². The molecule has 0 aliphatic heterocycles. The van der Waals surface area contributed by atoms with Crippen LogP contribution in [0.5, 0.6) is 0 Å². The Hall–Kier alpha value is -2.28. The maximum atomic E-state index is 5.97. The van der Waals surface area contributed by atoms with Gasteiger partial charge in [-0.15, -0.1) is 0 Å². The predicted octanol–water partition coefficient (Wildman–Crippen LogP) is 9.62. The van der Waals surface area contributed by atoms with E-state index in [-0.39, 0.29) is 0 Å². The first-order valence-electron chi connectivity index (χ1n) is 10.6. The van der Waals surface area contributed by atoms with E-state index in [2.05, 4.69) is 70.2 Å². The number of para-hydroxylation sites is 1. The van der Waals surface area contributed by atoms with Crippen LogP contribution >= 0.6 is 0 Å². The van der Waals surface area contributed by atoms with Crippen molar-refractivity contribution in [1.82, 2.24) is 0 Å². The van der Waals surface area contributed by atoms with Crippen molar-refractivity contribution in [2.45, 2.75) is 68.2 Å². The van der Waals surface area contributed by atoms with Gasteiger partial charge in [-0.25, -0.2) is 0 Å². The fraction of sp³-hybridized carbons (Fsp3) is 0.385. The van der Waals surface area contributed by atoms with Gasteiger partial charge in [-0.05, 0) is 17.5 Å². The molecule has 0 spiro atoms. The van der Waals surface area contributed by atoms with Gasteiger partial charge < -0.3 is 4.42 Å². The largest absolute Gasteiger partial charge is 0.455 e. The molecule has 1 heterocycles. The summed E-state index contributed by atoms with van der Waals surface area (Å²) in [5, 5.41) is 4.79. The highest BCUT2D eigenvalue weighted by atomic mass is 16.3. The molecule has 0 saturated carbocycles. The number of benzene rings is 3. The lowest BCUT2D eigenvalue weighted by molar-refractivity contribution is 0.672. The van der Waals surface area contributed by atoms with Crippen molar-refractivity contribution in [1.29, 1.82) is 0 Å². The zero-order valence-electron chi connectivity index (χ0n) is 18.6. The summed E-state index contributed by atoms with van der Waals surface area (Å²) in [6.45, 7) is 16.5. The van der Waals surface area contributed by atoms with Crippen molar-refractivity contribution < 1.29 is 4.42 Å². The topological polar surface area (TPSA) is 13.1 Å². The van der Waals surface area contributed by atoms with Crippen LogP contribution in [0, 0.1) is 0 Å². The quantitative estimate of drug-likeness (QED) is 0.302. The van der Waals surface area contributed by atoms with E-state index >= 15 is 0 Å². The third-order valence-corrected chi connectivity index (χ3v) is 3.27. The molecule has 0 aliphatic rings. The van der Waals surface area contributed by atoms with E-state index in [4.69, 9.17) is 4.42 Å². The van der Waals surface area contributed by atoms with E-state index < -0.39 is 0 Å². The fourth-order valence-electron chi connectivity index (χ4n) is 2.45. The number of fused-ring (bicyclic) bond motifs is 5. The Labute approximate surface area is 166 Å². The molecule has 0 fully saturated rings. The average Bonchev–Trinajstić information content (AvgIpc) is 3.11. The second-order valence-corrected chi connectivity index (χ2v) is 5.68. The Morgan fingerprint density at radius 1 is 0.556 bits per heavy atom.